The van der Waals surface area contributed by atoms with Gasteiger partial charge in [-0.2, -0.15) is 0 Å². The highest BCUT2D eigenvalue weighted by atomic mass is 16.5. The first-order valence-corrected chi connectivity index (χ1v) is 8.31. The Morgan fingerprint density at radius 3 is 2.00 bits per heavy atom. The topological polar surface area (TPSA) is 27.7 Å². The van der Waals surface area contributed by atoms with Crippen LogP contribution >= 0.6 is 0 Å². The van der Waals surface area contributed by atoms with Crippen molar-refractivity contribution in [1.29, 1.82) is 0 Å². The third-order valence-corrected chi connectivity index (χ3v) is 5.15. The number of rotatable bonds is 5. The molecular formula is C19H30O3. The van der Waals surface area contributed by atoms with E-state index >= 15 is 0 Å². The lowest BCUT2D eigenvalue weighted by molar-refractivity contribution is 0.191. The van der Waals surface area contributed by atoms with Crippen molar-refractivity contribution in [3.63, 3.8) is 0 Å². The lowest BCUT2D eigenvalue weighted by atomic mass is 9.67. The highest BCUT2D eigenvalue weighted by Gasteiger charge is 2.35. The van der Waals surface area contributed by atoms with Crippen LogP contribution in [0.5, 0.6) is 17.2 Å². The molecule has 1 aliphatic rings. The van der Waals surface area contributed by atoms with Crippen molar-refractivity contribution in [1.82, 2.24) is 0 Å². The summed E-state index contributed by atoms with van der Waals surface area (Å²) >= 11 is 0. The second-order valence-electron chi connectivity index (χ2n) is 6.88. The molecule has 3 nitrogen and oxygen atoms in total. The summed E-state index contributed by atoms with van der Waals surface area (Å²) in [6.07, 6.45) is 3.80. The molecule has 1 aromatic carbocycles. The van der Waals surface area contributed by atoms with Crippen LogP contribution in [0.2, 0.25) is 0 Å². The highest BCUT2D eigenvalue weighted by molar-refractivity contribution is 5.53. The first kappa shape index (κ1) is 17.0. The van der Waals surface area contributed by atoms with Crippen molar-refractivity contribution in [2.24, 2.45) is 17.8 Å². The molecule has 3 atom stereocenters. The molecule has 1 aliphatic carbocycles. The molecule has 0 radical (unpaired) electrons. The van der Waals surface area contributed by atoms with Gasteiger partial charge in [-0.1, -0.05) is 27.2 Å². The lowest BCUT2D eigenvalue weighted by Crippen LogP contribution is -2.26. The van der Waals surface area contributed by atoms with Crippen LogP contribution < -0.4 is 14.2 Å². The number of hydrogen-bond donors (Lipinski definition) is 0. The monoisotopic (exact) mass is 306 g/mol. The third-order valence-electron chi connectivity index (χ3n) is 5.15. The summed E-state index contributed by atoms with van der Waals surface area (Å²) in [4.78, 5) is 0. The minimum absolute atomic E-state index is 0.486. The average molecular weight is 306 g/mol. The van der Waals surface area contributed by atoms with E-state index in [4.69, 9.17) is 14.2 Å². The van der Waals surface area contributed by atoms with Crippen LogP contribution in [0.15, 0.2) is 12.1 Å². The Labute approximate surface area is 135 Å². The second-order valence-corrected chi connectivity index (χ2v) is 6.88. The molecule has 1 fully saturated rings. The van der Waals surface area contributed by atoms with Crippen LogP contribution in [0.4, 0.5) is 0 Å². The van der Waals surface area contributed by atoms with Gasteiger partial charge in [0.05, 0.1) is 21.3 Å². The summed E-state index contributed by atoms with van der Waals surface area (Å²) in [6.45, 7) is 7.01. The molecule has 22 heavy (non-hydrogen) atoms. The van der Waals surface area contributed by atoms with E-state index in [2.05, 4.69) is 20.8 Å². The van der Waals surface area contributed by atoms with Crippen LogP contribution in [0.3, 0.4) is 0 Å². The zero-order chi connectivity index (χ0) is 16.3. The third kappa shape index (κ3) is 3.34. The minimum Gasteiger partial charge on any atom is -0.496 e. The fourth-order valence-corrected chi connectivity index (χ4v) is 3.93. The molecule has 124 valence electrons. The molecule has 0 bridgehead atoms. The van der Waals surface area contributed by atoms with Gasteiger partial charge in [-0.25, -0.2) is 0 Å². The SMILES string of the molecule is COc1cc(OC)c([C@H]2C[C@@H](C)CC[C@@H]2C(C)C)c(OC)c1. The Bertz CT molecular complexity index is 470. The Hall–Kier alpha value is -1.38. The van der Waals surface area contributed by atoms with Crippen molar-refractivity contribution in [3.05, 3.63) is 17.7 Å². The quantitative estimate of drug-likeness (QED) is 0.775. The number of ether oxygens (including phenoxy) is 3. The summed E-state index contributed by atoms with van der Waals surface area (Å²) in [6, 6.07) is 3.96. The smallest absolute Gasteiger partial charge is 0.129 e. The zero-order valence-electron chi connectivity index (χ0n) is 14.8. The Morgan fingerprint density at radius 1 is 0.955 bits per heavy atom. The summed E-state index contributed by atoms with van der Waals surface area (Å²) < 4.78 is 16.8. The van der Waals surface area contributed by atoms with E-state index in [1.54, 1.807) is 21.3 Å². The van der Waals surface area contributed by atoms with Crippen LogP contribution in [-0.4, -0.2) is 21.3 Å². The van der Waals surface area contributed by atoms with Gasteiger partial charge >= 0.3 is 0 Å². The van der Waals surface area contributed by atoms with Gasteiger partial charge in [-0.15, -0.1) is 0 Å². The average Bonchev–Trinajstić information content (AvgIpc) is 2.52. The first-order valence-electron chi connectivity index (χ1n) is 8.31. The Kier molecular flexibility index (Phi) is 5.60. The van der Waals surface area contributed by atoms with E-state index in [0.29, 0.717) is 17.8 Å². The summed E-state index contributed by atoms with van der Waals surface area (Å²) in [5.41, 5.74) is 1.22. The molecule has 0 amide bonds. The standard InChI is InChI=1S/C19H30O3/c1-12(2)15-8-7-13(3)9-16(15)19-17(21-5)10-14(20-4)11-18(19)22-6/h10-13,15-16H,7-9H2,1-6H3/t13-,15+,16-/m0/s1. The van der Waals surface area contributed by atoms with Crippen LogP contribution in [-0.2, 0) is 0 Å². The fraction of sp³-hybridized carbons (Fsp3) is 0.684. The molecule has 0 unspecified atom stereocenters. The summed E-state index contributed by atoms with van der Waals surface area (Å²) in [5.74, 6) is 5.13. The van der Waals surface area contributed by atoms with Crippen molar-refractivity contribution in [3.8, 4) is 17.2 Å². The van der Waals surface area contributed by atoms with E-state index in [9.17, 15) is 0 Å². The predicted octanol–water partition coefficient (Wildman–Crippen LogP) is 4.89. The summed E-state index contributed by atoms with van der Waals surface area (Å²) in [5, 5.41) is 0. The molecule has 1 saturated carbocycles. The first-order chi connectivity index (χ1) is 10.5. The summed E-state index contributed by atoms with van der Waals surface area (Å²) in [7, 11) is 5.14. The molecule has 0 N–H and O–H groups in total. The van der Waals surface area contributed by atoms with E-state index in [0.717, 1.165) is 23.2 Å². The maximum atomic E-state index is 5.69. The molecule has 0 heterocycles. The van der Waals surface area contributed by atoms with Crippen molar-refractivity contribution >= 4 is 0 Å². The molecule has 1 aromatic rings. The highest BCUT2D eigenvalue weighted by Crippen LogP contribution is 2.50. The van der Waals surface area contributed by atoms with E-state index < -0.39 is 0 Å². The molecule has 3 heteroatoms. The van der Waals surface area contributed by atoms with E-state index in [-0.39, 0.29) is 0 Å². The van der Waals surface area contributed by atoms with Crippen LogP contribution in [0, 0.1) is 17.8 Å². The molecular weight excluding hydrogens is 276 g/mol. The molecule has 2 rings (SSSR count). The number of benzene rings is 1. The van der Waals surface area contributed by atoms with Gasteiger partial charge in [0.1, 0.15) is 17.2 Å². The maximum Gasteiger partial charge on any atom is 0.129 e. The fourth-order valence-electron chi connectivity index (χ4n) is 3.93. The number of methoxy groups -OCH3 is 3. The second kappa shape index (κ2) is 7.26. The van der Waals surface area contributed by atoms with Gasteiger partial charge in [0, 0.05) is 17.7 Å². The van der Waals surface area contributed by atoms with Gasteiger partial charge < -0.3 is 14.2 Å². The Morgan fingerprint density at radius 2 is 1.55 bits per heavy atom. The molecule has 0 aliphatic heterocycles. The van der Waals surface area contributed by atoms with Gasteiger partial charge in [0.2, 0.25) is 0 Å². The van der Waals surface area contributed by atoms with Crippen molar-refractivity contribution < 1.29 is 14.2 Å². The van der Waals surface area contributed by atoms with Gasteiger partial charge in [-0.3, -0.25) is 0 Å². The van der Waals surface area contributed by atoms with Crippen molar-refractivity contribution in [2.45, 2.75) is 46.0 Å². The van der Waals surface area contributed by atoms with Gasteiger partial charge in [-0.05, 0) is 36.5 Å². The maximum absolute atomic E-state index is 5.69. The largest absolute Gasteiger partial charge is 0.496 e. The molecule has 0 aromatic heterocycles. The van der Waals surface area contributed by atoms with Crippen LogP contribution in [0.1, 0.15) is 51.5 Å². The van der Waals surface area contributed by atoms with Crippen LogP contribution in [0.25, 0.3) is 0 Å². The predicted molar refractivity (Wildman–Crippen MR) is 90.2 cm³/mol. The number of hydrogen-bond acceptors (Lipinski definition) is 3. The normalized spacial score (nSPS) is 25.1. The zero-order valence-corrected chi connectivity index (χ0v) is 14.8. The lowest BCUT2D eigenvalue weighted by Gasteiger charge is -2.38. The van der Waals surface area contributed by atoms with E-state index in [1.165, 1.54) is 24.8 Å². The minimum atomic E-state index is 0.486. The Balaban J connectivity index is 2.51. The van der Waals surface area contributed by atoms with E-state index in [1.807, 2.05) is 12.1 Å². The van der Waals surface area contributed by atoms with Gasteiger partial charge in [0.15, 0.2) is 0 Å². The van der Waals surface area contributed by atoms with Crippen molar-refractivity contribution in [2.75, 3.05) is 21.3 Å². The molecule has 0 saturated heterocycles. The van der Waals surface area contributed by atoms with Gasteiger partial charge in [0.25, 0.3) is 0 Å². The molecule has 0 spiro atoms.